The van der Waals surface area contributed by atoms with Crippen molar-refractivity contribution in [2.24, 2.45) is 50.2 Å². The van der Waals surface area contributed by atoms with E-state index in [0.717, 1.165) is 12.5 Å². The van der Waals surface area contributed by atoms with E-state index in [1.165, 1.54) is 13.8 Å². The third kappa shape index (κ3) is 11.2. The summed E-state index contributed by atoms with van der Waals surface area (Å²) in [5, 5.41) is 166. The largest absolute Gasteiger partial charge is 0.481 e. The number of esters is 2. The molecular formula is C59H92O29. The quantitative estimate of drug-likeness (QED) is 0.0480. The Morgan fingerprint density at radius 3 is 1.72 bits per heavy atom. The van der Waals surface area contributed by atoms with Crippen LogP contribution in [0.5, 0.6) is 0 Å². The van der Waals surface area contributed by atoms with E-state index in [0.29, 0.717) is 25.7 Å². The molecule has 0 aromatic heterocycles. The average Bonchev–Trinajstić information content (AvgIpc) is 0.687. The van der Waals surface area contributed by atoms with E-state index < -0.39 is 237 Å². The predicted molar refractivity (Wildman–Crippen MR) is 290 cm³/mol. The van der Waals surface area contributed by atoms with Crippen LogP contribution in [0.25, 0.3) is 0 Å². The van der Waals surface area contributed by atoms with E-state index in [1.807, 2.05) is 6.92 Å². The highest BCUT2D eigenvalue weighted by atomic mass is 16.8. The van der Waals surface area contributed by atoms with Crippen molar-refractivity contribution in [3.05, 3.63) is 11.6 Å². The molecule has 33 unspecified atom stereocenters. The number of carbonyl (C=O) groups is 3. The minimum Gasteiger partial charge on any atom is -0.481 e. The Morgan fingerprint density at radius 2 is 1.12 bits per heavy atom. The summed E-state index contributed by atoms with van der Waals surface area (Å²) in [5.41, 5.74) is -5.55. The van der Waals surface area contributed by atoms with Gasteiger partial charge in [-0.3, -0.25) is 14.4 Å². The normalized spacial score (nSPS) is 53.6. The van der Waals surface area contributed by atoms with Gasteiger partial charge in [-0.15, -0.1) is 0 Å². The van der Waals surface area contributed by atoms with Gasteiger partial charge in [0.25, 0.3) is 0 Å². The first kappa shape index (κ1) is 68.1. The lowest BCUT2D eigenvalue weighted by molar-refractivity contribution is -0.371. The van der Waals surface area contributed by atoms with Gasteiger partial charge in [-0.25, -0.2) is 0 Å². The van der Waals surface area contributed by atoms with Gasteiger partial charge in [0.1, 0.15) is 97.0 Å². The highest BCUT2D eigenvalue weighted by Crippen LogP contribution is 2.76. The number of aliphatic hydroxyl groups excluding tert-OH is 14. The van der Waals surface area contributed by atoms with E-state index in [4.69, 9.17) is 52.1 Å². The molecule has 0 aromatic rings. The highest BCUT2D eigenvalue weighted by molar-refractivity contribution is 5.80. The van der Waals surface area contributed by atoms with E-state index in [1.54, 1.807) is 0 Å². The van der Waals surface area contributed by atoms with Gasteiger partial charge in [-0.05, 0) is 105 Å². The van der Waals surface area contributed by atoms with E-state index in [2.05, 4.69) is 33.8 Å². The second-order valence-corrected chi connectivity index (χ2v) is 28.3. The fraction of sp³-hybridized carbons (Fsp3) is 0.915. The zero-order chi connectivity index (χ0) is 64.4. The highest BCUT2D eigenvalue weighted by Gasteiger charge is 2.74. The SMILES string of the molecule is CC(=O)OC1C(C)OC(OC2C(OC(=O)C34CCC(C)(C)CC3C3=CCC5C6(C)CC(O)C(OC7OC(CO)C(OC8OCC(O)C(O)C8O)C(O)C7O)C(C)(C(=O)O)C6CCC5(C)C3(C)CC4O)OCC(O)C2O)C(O)C1OC1OCC(O)C(O)C1O. The van der Waals surface area contributed by atoms with Crippen LogP contribution in [-0.2, 0) is 66.5 Å². The maximum absolute atomic E-state index is 15.5. The van der Waals surface area contributed by atoms with Crippen LogP contribution in [0, 0.1) is 50.2 Å². The summed E-state index contributed by atoms with van der Waals surface area (Å²) in [7, 11) is 0. The van der Waals surface area contributed by atoms with Crippen LogP contribution in [0.3, 0.4) is 0 Å². The molecule has 33 atom stereocenters. The molecule has 10 rings (SSSR count). The molecule has 29 heteroatoms. The third-order valence-electron chi connectivity index (χ3n) is 22.7. The monoisotopic (exact) mass is 1260 g/mol. The first-order chi connectivity index (χ1) is 41.1. The van der Waals surface area contributed by atoms with Gasteiger partial charge in [0.15, 0.2) is 37.4 Å². The summed E-state index contributed by atoms with van der Waals surface area (Å²) in [6.07, 6.45) is -37.3. The number of carbonyl (C=O) groups excluding carboxylic acids is 2. The van der Waals surface area contributed by atoms with Crippen molar-refractivity contribution in [2.75, 3.05) is 26.4 Å². The summed E-state index contributed by atoms with van der Waals surface area (Å²) < 4.78 is 64.4. The average molecular weight is 1270 g/mol. The second-order valence-electron chi connectivity index (χ2n) is 28.3. The lowest BCUT2D eigenvalue weighted by atomic mass is 9.33. The van der Waals surface area contributed by atoms with E-state index >= 15 is 4.79 Å². The number of allylic oxidation sites excluding steroid dienone is 2. The number of aliphatic carboxylic acids is 1. The minimum atomic E-state index is -1.97. The van der Waals surface area contributed by atoms with Crippen molar-refractivity contribution in [1.29, 1.82) is 0 Å². The molecule has 5 heterocycles. The smallest absolute Gasteiger partial charge is 0.317 e. The van der Waals surface area contributed by atoms with Crippen LogP contribution < -0.4 is 0 Å². The minimum absolute atomic E-state index is 0.00766. The van der Waals surface area contributed by atoms with Crippen molar-refractivity contribution in [2.45, 2.75) is 260 Å². The van der Waals surface area contributed by atoms with Crippen molar-refractivity contribution < 1.29 is 143 Å². The van der Waals surface area contributed by atoms with E-state index in [-0.39, 0.29) is 37.0 Å². The van der Waals surface area contributed by atoms with Crippen LogP contribution >= 0.6 is 0 Å². The van der Waals surface area contributed by atoms with Gasteiger partial charge >= 0.3 is 17.9 Å². The van der Waals surface area contributed by atoms with Crippen molar-refractivity contribution in [3.63, 3.8) is 0 Å². The molecule has 4 saturated carbocycles. The molecule has 88 heavy (non-hydrogen) atoms. The van der Waals surface area contributed by atoms with Crippen molar-refractivity contribution >= 4 is 17.9 Å². The molecule has 5 saturated heterocycles. The van der Waals surface area contributed by atoms with Gasteiger partial charge in [-0.1, -0.05) is 46.3 Å². The molecule has 5 aliphatic carbocycles. The van der Waals surface area contributed by atoms with Crippen molar-refractivity contribution in [3.8, 4) is 0 Å². The Labute approximate surface area is 508 Å². The van der Waals surface area contributed by atoms with Crippen molar-refractivity contribution in [1.82, 2.24) is 0 Å². The number of hydrogen-bond acceptors (Lipinski definition) is 28. The molecule has 5 aliphatic heterocycles. The summed E-state index contributed by atoms with van der Waals surface area (Å²) in [5.74, 6) is -4.75. The first-order valence-corrected chi connectivity index (χ1v) is 30.7. The molecular weight excluding hydrogens is 1170 g/mol. The third-order valence-corrected chi connectivity index (χ3v) is 22.7. The van der Waals surface area contributed by atoms with Gasteiger partial charge in [-0.2, -0.15) is 0 Å². The van der Waals surface area contributed by atoms with Crippen LogP contribution in [0.4, 0.5) is 0 Å². The number of carboxylic acid groups (broad SMARTS) is 1. The Kier molecular flexibility index (Phi) is 19.2. The van der Waals surface area contributed by atoms with Crippen LogP contribution in [-0.4, -0.2) is 274 Å². The fourth-order valence-corrected chi connectivity index (χ4v) is 17.6. The first-order valence-electron chi connectivity index (χ1n) is 30.7. The molecule has 15 N–H and O–H groups in total. The molecule has 502 valence electrons. The number of ether oxygens (including phenoxy) is 11. The van der Waals surface area contributed by atoms with Gasteiger partial charge in [0.05, 0.1) is 50.2 Å². The molecule has 10 aliphatic rings. The summed E-state index contributed by atoms with van der Waals surface area (Å²) in [4.78, 5) is 41.8. The second kappa shape index (κ2) is 24.9. The maximum atomic E-state index is 15.5. The predicted octanol–water partition coefficient (Wildman–Crippen LogP) is -3.69. The molecule has 0 aromatic carbocycles. The Morgan fingerprint density at radius 1 is 0.568 bits per heavy atom. The fourth-order valence-electron chi connectivity index (χ4n) is 17.6. The molecule has 0 spiro atoms. The lowest BCUT2D eigenvalue weighted by Gasteiger charge is -2.71. The van der Waals surface area contributed by atoms with Gasteiger partial charge in [0.2, 0.25) is 6.29 Å². The maximum Gasteiger partial charge on any atom is 0.317 e. The molecule has 0 bridgehead atoms. The Hall–Kier alpha value is -2.77. The number of aliphatic hydroxyl groups is 14. The summed E-state index contributed by atoms with van der Waals surface area (Å²) in [6, 6.07) is 0. The Balaban J connectivity index is 0.897. The number of fused-ring (bicyclic) bond motifs is 7. The number of hydrogen-bond donors (Lipinski definition) is 15. The molecule has 29 nitrogen and oxygen atoms in total. The van der Waals surface area contributed by atoms with Gasteiger partial charge < -0.3 is 129 Å². The lowest BCUT2D eigenvalue weighted by Crippen LogP contribution is -2.71. The van der Waals surface area contributed by atoms with Crippen LogP contribution in [0.1, 0.15) is 107 Å². The zero-order valence-electron chi connectivity index (χ0n) is 50.7. The number of rotatable bonds is 13. The van der Waals surface area contributed by atoms with Crippen LogP contribution in [0.15, 0.2) is 11.6 Å². The molecule has 9 fully saturated rings. The summed E-state index contributed by atoms with van der Waals surface area (Å²) >= 11 is 0. The van der Waals surface area contributed by atoms with Gasteiger partial charge in [0, 0.05) is 6.92 Å². The number of carboxylic acids is 1. The topological polar surface area (TPSA) is 456 Å². The zero-order valence-corrected chi connectivity index (χ0v) is 50.7. The van der Waals surface area contributed by atoms with Crippen LogP contribution in [0.2, 0.25) is 0 Å². The molecule has 0 amide bonds. The summed E-state index contributed by atoms with van der Waals surface area (Å²) in [6.45, 7) is 12.0. The standard InChI is InChI=1S/C59H92O29/c1-22-42(82-23(2)61)44(85-48-39(72)35(68)28(64)20-79-48)41(74)50(81-22)86-45-36(69)29(65)21-80-51(45)88-53(77)59-14-13-54(3,4)15-25(59)24-9-10-31-55(5)16-26(62)46(58(8,52(75)76)32(55)11-12-56(31,6)57(24,7)17-33(59)66)87-49-40(73)37(70)43(30(18-60)83-49)84-47-38(71)34(67)27(63)19-78-47/h9,22,25-51,60,62-74H,10-21H2,1-8H3,(H,75,76). The Bertz CT molecular complexity index is 2560. The molecule has 0 radical (unpaired) electrons. The van der Waals surface area contributed by atoms with E-state index in [9.17, 15) is 86.2 Å².